The molecule has 1 aromatic rings. The van der Waals surface area contributed by atoms with Gasteiger partial charge in [0.25, 0.3) is 0 Å². The number of hydrogen-bond donors (Lipinski definition) is 3. The first-order chi connectivity index (χ1) is 9.55. The quantitative estimate of drug-likeness (QED) is 0.668. The van der Waals surface area contributed by atoms with Crippen LogP contribution in [0.2, 0.25) is 0 Å². The lowest BCUT2D eigenvalue weighted by atomic mass is 9.90. The highest BCUT2D eigenvalue weighted by Crippen LogP contribution is 2.25. The van der Waals surface area contributed by atoms with Crippen LogP contribution >= 0.6 is 0 Å². The van der Waals surface area contributed by atoms with Gasteiger partial charge in [-0.3, -0.25) is 0 Å². The minimum absolute atomic E-state index is 0.0105. The molecule has 0 saturated heterocycles. The summed E-state index contributed by atoms with van der Waals surface area (Å²) in [5.41, 5.74) is 0.869. The molecule has 1 aromatic heterocycles. The van der Waals surface area contributed by atoms with Gasteiger partial charge in [0.15, 0.2) is 0 Å². The van der Waals surface area contributed by atoms with Crippen LogP contribution in [0.1, 0.15) is 32.4 Å². The van der Waals surface area contributed by atoms with E-state index in [2.05, 4.69) is 15.0 Å². The van der Waals surface area contributed by atoms with Crippen molar-refractivity contribution in [3.05, 3.63) is 18.0 Å². The van der Waals surface area contributed by atoms with E-state index in [-0.39, 0.29) is 12.1 Å². The maximum atomic E-state index is 12.2. The van der Waals surface area contributed by atoms with Gasteiger partial charge in [-0.05, 0) is 32.4 Å². The Balaban J connectivity index is 1.89. The molecular weight excluding hydrogens is 278 g/mol. The van der Waals surface area contributed by atoms with Gasteiger partial charge in [0, 0.05) is 31.1 Å². The summed E-state index contributed by atoms with van der Waals surface area (Å²) in [5, 5.41) is 3.15. The van der Waals surface area contributed by atoms with Gasteiger partial charge in [-0.2, -0.15) is 0 Å². The summed E-state index contributed by atoms with van der Waals surface area (Å²) in [6.07, 6.45) is 3.24. The molecule has 7 heteroatoms. The Hall–Kier alpha value is -0.890. The molecule has 1 heterocycles. The SMILES string of the molecule is CCNCc1cc(S(=O)(=O)NC2CC(OCC)C2)c[nH]1. The Kier molecular flexibility index (Phi) is 5.20. The number of ether oxygens (including phenoxy) is 1. The van der Waals surface area contributed by atoms with Crippen molar-refractivity contribution in [3.63, 3.8) is 0 Å². The van der Waals surface area contributed by atoms with Crippen LogP contribution in [0, 0.1) is 0 Å². The van der Waals surface area contributed by atoms with Crippen molar-refractivity contribution < 1.29 is 13.2 Å². The molecule has 6 nitrogen and oxygen atoms in total. The number of aromatic nitrogens is 1. The van der Waals surface area contributed by atoms with Crippen molar-refractivity contribution in [2.75, 3.05) is 13.2 Å². The van der Waals surface area contributed by atoms with Crippen molar-refractivity contribution in [1.82, 2.24) is 15.0 Å². The molecule has 1 saturated carbocycles. The topological polar surface area (TPSA) is 83.2 Å². The fourth-order valence-electron chi connectivity index (χ4n) is 2.26. The van der Waals surface area contributed by atoms with E-state index in [1.807, 2.05) is 13.8 Å². The largest absolute Gasteiger partial charge is 0.378 e. The number of hydrogen-bond acceptors (Lipinski definition) is 4. The van der Waals surface area contributed by atoms with Crippen molar-refractivity contribution in [1.29, 1.82) is 0 Å². The lowest BCUT2D eigenvalue weighted by Crippen LogP contribution is -2.47. The van der Waals surface area contributed by atoms with Gasteiger partial charge in [0.1, 0.15) is 0 Å². The standard InChI is InChI=1S/C13H23N3O3S/c1-3-14-8-11-7-13(9-15-11)20(17,18)16-10-5-12(6-10)19-4-2/h7,9-10,12,14-16H,3-6,8H2,1-2H3. The maximum Gasteiger partial charge on any atom is 0.242 e. The number of H-pyrrole nitrogens is 1. The molecule has 1 aliphatic rings. The zero-order valence-electron chi connectivity index (χ0n) is 12.0. The van der Waals surface area contributed by atoms with Gasteiger partial charge in [0.05, 0.1) is 11.0 Å². The number of rotatable bonds is 8. The lowest BCUT2D eigenvalue weighted by Gasteiger charge is -2.34. The first-order valence-corrected chi connectivity index (χ1v) is 8.55. The van der Waals surface area contributed by atoms with E-state index in [1.165, 1.54) is 6.20 Å². The molecule has 0 aromatic carbocycles. The molecule has 0 spiro atoms. The van der Waals surface area contributed by atoms with Gasteiger partial charge in [-0.25, -0.2) is 13.1 Å². The molecule has 3 N–H and O–H groups in total. The highest BCUT2D eigenvalue weighted by atomic mass is 32.2. The van der Waals surface area contributed by atoms with Crippen LogP contribution < -0.4 is 10.0 Å². The predicted octanol–water partition coefficient (Wildman–Crippen LogP) is 0.970. The number of nitrogens with one attached hydrogen (secondary N) is 3. The second kappa shape index (κ2) is 6.71. The molecule has 0 aliphatic heterocycles. The Bertz CT molecular complexity index is 521. The van der Waals surface area contributed by atoms with Gasteiger partial charge in [-0.1, -0.05) is 6.92 Å². The van der Waals surface area contributed by atoms with Crippen LogP contribution in [0.25, 0.3) is 0 Å². The number of sulfonamides is 1. The molecule has 2 rings (SSSR count). The third kappa shape index (κ3) is 3.82. The van der Waals surface area contributed by atoms with Crippen molar-refractivity contribution in [3.8, 4) is 0 Å². The van der Waals surface area contributed by atoms with Crippen molar-refractivity contribution >= 4 is 10.0 Å². The number of aromatic amines is 1. The summed E-state index contributed by atoms with van der Waals surface area (Å²) in [4.78, 5) is 3.28. The van der Waals surface area contributed by atoms with E-state index < -0.39 is 10.0 Å². The van der Waals surface area contributed by atoms with Crippen LogP contribution in [-0.4, -0.2) is 38.7 Å². The molecule has 0 radical (unpaired) electrons. The zero-order chi connectivity index (χ0) is 14.6. The Labute approximate surface area is 120 Å². The highest BCUT2D eigenvalue weighted by Gasteiger charge is 2.33. The maximum absolute atomic E-state index is 12.2. The Morgan fingerprint density at radius 3 is 2.80 bits per heavy atom. The molecule has 0 atom stereocenters. The summed E-state index contributed by atoms with van der Waals surface area (Å²) in [7, 11) is -3.43. The smallest absolute Gasteiger partial charge is 0.242 e. The van der Waals surface area contributed by atoms with E-state index >= 15 is 0 Å². The second-order valence-electron chi connectivity index (χ2n) is 5.01. The molecule has 0 amide bonds. The minimum Gasteiger partial charge on any atom is -0.378 e. The third-order valence-electron chi connectivity index (χ3n) is 3.41. The van der Waals surface area contributed by atoms with Crippen LogP contribution in [0.4, 0.5) is 0 Å². The molecular formula is C13H23N3O3S. The van der Waals surface area contributed by atoms with Gasteiger partial charge in [-0.15, -0.1) is 0 Å². The zero-order valence-corrected chi connectivity index (χ0v) is 12.8. The molecule has 0 bridgehead atoms. The first-order valence-electron chi connectivity index (χ1n) is 7.07. The fraction of sp³-hybridized carbons (Fsp3) is 0.692. The van der Waals surface area contributed by atoms with Gasteiger partial charge >= 0.3 is 0 Å². The minimum atomic E-state index is -3.43. The average molecular weight is 301 g/mol. The third-order valence-corrected chi connectivity index (χ3v) is 4.91. The van der Waals surface area contributed by atoms with Crippen molar-refractivity contribution in [2.45, 2.75) is 50.3 Å². The first kappa shape index (κ1) is 15.5. The van der Waals surface area contributed by atoms with Gasteiger partial charge in [0.2, 0.25) is 10.0 Å². The van der Waals surface area contributed by atoms with E-state index in [0.29, 0.717) is 18.0 Å². The van der Waals surface area contributed by atoms with E-state index in [4.69, 9.17) is 4.74 Å². The average Bonchev–Trinajstić information content (AvgIpc) is 2.83. The Morgan fingerprint density at radius 2 is 2.15 bits per heavy atom. The monoisotopic (exact) mass is 301 g/mol. The normalized spacial score (nSPS) is 22.7. The summed E-state index contributed by atoms with van der Waals surface area (Å²) < 4.78 is 32.5. The predicted molar refractivity (Wildman–Crippen MR) is 76.9 cm³/mol. The van der Waals surface area contributed by atoms with Crippen LogP contribution in [0.15, 0.2) is 17.2 Å². The van der Waals surface area contributed by atoms with Crippen molar-refractivity contribution in [2.24, 2.45) is 0 Å². The van der Waals surface area contributed by atoms with Crippen LogP contribution in [0.3, 0.4) is 0 Å². The molecule has 1 fully saturated rings. The van der Waals surface area contributed by atoms with Gasteiger partial charge < -0.3 is 15.0 Å². The summed E-state index contributed by atoms with van der Waals surface area (Å²) in [6, 6.07) is 1.66. The Morgan fingerprint density at radius 1 is 1.40 bits per heavy atom. The molecule has 20 heavy (non-hydrogen) atoms. The highest BCUT2D eigenvalue weighted by molar-refractivity contribution is 7.89. The molecule has 114 valence electrons. The summed E-state index contributed by atoms with van der Waals surface area (Å²) >= 11 is 0. The van der Waals surface area contributed by atoms with E-state index in [1.54, 1.807) is 6.07 Å². The lowest BCUT2D eigenvalue weighted by molar-refractivity contribution is -0.00475. The van der Waals surface area contributed by atoms with Crippen LogP contribution in [0.5, 0.6) is 0 Å². The molecule has 0 unspecified atom stereocenters. The van der Waals surface area contributed by atoms with Crippen LogP contribution in [-0.2, 0) is 21.3 Å². The van der Waals surface area contributed by atoms with E-state index in [0.717, 1.165) is 25.1 Å². The second-order valence-corrected chi connectivity index (χ2v) is 6.72. The summed E-state index contributed by atoms with van der Waals surface area (Å²) in [5.74, 6) is 0. The summed E-state index contributed by atoms with van der Waals surface area (Å²) in [6.45, 7) is 6.12. The van der Waals surface area contributed by atoms with E-state index in [9.17, 15) is 8.42 Å². The molecule has 1 aliphatic carbocycles. The fourth-order valence-corrected chi connectivity index (χ4v) is 3.54.